The third-order valence-electron chi connectivity index (χ3n) is 3.73. The van der Waals surface area contributed by atoms with Crippen molar-refractivity contribution in [2.45, 2.75) is 26.2 Å². The van der Waals surface area contributed by atoms with E-state index in [0.717, 1.165) is 16.0 Å². The minimum Gasteiger partial charge on any atom is -0.455 e. The largest absolute Gasteiger partial charge is 0.455 e. The van der Waals surface area contributed by atoms with Crippen LogP contribution in [0.25, 0.3) is 0 Å². The Bertz CT molecular complexity index is 575. The van der Waals surface area contributed by atoms with Gasteiger partial charge in [0.05, 0.1) is 4.47 Å². The van der Waals surface area contributed by atoms with E-state index in [4.69, 9.17) is 4.74 Å². The van der Waals surface area contributed by atoms with Crippen molar-refractivity contribution in [2.75, 3.05) is 0 Å². The van der Waals surface area contributed by atoms with Gasteiger partial charge in [-0.1, -0.05) is 44.2 Å². The molecule has 18 heavy (non-hydrogen) atoms. The van der Waals surface area contributed by atoms with Crippen molar-refractivity contribution in [1.82, 2.24) is 0 Å². The fourth-order valence-electron chi connectivity index (χ4n) is 2.63. The van der Waals surface area contributed by atoms with Crippen LogP contribution in [0.5, 0.6) is 11.5 Å². The summed E-state index contributed by atoms with van der Waals surface area (Å²) in [6.45, 7) is 6.59. The number of fused-ring (bicyclic) bond motifs is 2. The fourth-order valence-corrected chi connectivity index (χ4v) is 3.08. The fraction of sp³-hybridized carbons (Fsp3) is 0.250. The average Bonchev–Trinajstić information content (AvgIpc) is 2.32. The van der Waals surface area contributed by atoms with E-state index in [0.29, 0.717) is 0 Å². The molecule has 0 amide bonds. The van der Waals surface area contributed by atoms with E-state index in [1.54, 1.807) is 0 Å². The Labute approximate surface area is 116 Å². The lowest BCUT2D eigenvalue weighted by molar-refractivity contribution is 0.412. The van der Waals surface area contributed by atoms with E-state index in [1.807, 2.05) is 6.07 Å². The molecule has 0 unspecified atom stereocenters. The minimum atomic E-state index is -0.0291. The summed E-state index contributed by atoms with van der Waals surface area (Å²) in [6.07, 6.45) is 0. The summed E-state index contributed by atoms with van der Waals surface area (Å²) in [6, 6.07) is 12.6. The minimum absolute atomic E-state index is 0.0291. The van der Waals surface area contributed by atoms with Crippen molar-refractivity contribution in [1.29, 1.82) is 0 Å². The van der Waals surface area contributed by atoms with E-state index in [9.17, 15) is 0 Å². The number of halogens is 1. The number of rotatable bonds is 0. The zero-order valence-corrected chi connectivity index (χ0v) is 12.3. The Morgan fingerprint density at radius 1 is 0.944 bits per heavy atom. The molecule has 0 aromatic heterocycles. The lowest BCUT2D eigenvalue weighted by Crippen LogP contribution is -2.24. The van der Waals surface area contributed by atoms with Gasteiger partial charge in [0.15, 0.2) is 0 Å². The van der Waals surface area contributed by atoms with Gasteiger partial charge in [-0.15, -0.1) is 0 Å². The van der Waals surface area contributed by atoms with Crippen molar-refractivity contribution in [3.63, 3.8) is 0 Å². The van der Waals surface area contributed by atoms with E-state index >= 15 is 0 Å². The van der Waals surface area contributed by atoms with Crippen molar-refractivity contribution < 1.29 is 4.74 Å². The highest BCUT2D eigenvalue weighted by atomic mass is 79.9. The van der Waals surface area contributed by atoms with Crippen LogP contribution in [0.3, 0.4) is 0 Å². The molecule has 1 heterocycles. The highest BCUT2D eigenvalue weighted by Gasteiger charge is 2.35. The molecule has 2 aromatic rings. The van der Waals surface area contributed by atoms with Crippen LogP contribution in [0.15, 0.2) is 40.9 Å². The summed E-state index contributed by atoms with van der Waals surface area (Å²) < 4.78 is 7.14. The Morgan fingerprint density at radius 3 is 2.28 bits per heavy atom. The standard InChI is InChI=1S/C16H15BrO/c1-10-6-4-7-11-14(10)18-15-12(16(11,2)3)8-5-9-13(15)17/h4-9H,1-3H3. The van der Waals surface area contributed by atoms with Gasteiger partial charge in [0.25, 0.3) is 0 Å². The zero-order chi connectivity index (χ0) is 12.9. The molecule has 0 atom stereocenters. The molecular formula is C16H15BrO. The van der Waals surface area contributed by atoms with Crippen LogP contribution >= 0.6 is 15.9 Å². The second-order valence-corrected chi connectivity index (χ2v) is 6.15. The van der Waals surface area contributed by atoms with Crippen LogP contribution in [-0.2, 0) is 5.41 Å². The molecule has 0 N–H and O–H groups in total. The smallest absolute Gasteiger partial charge is 0.145 e. The normalized spacial score (nSPS) is 15.6. The SMILES string of the molecule is Cc1cccc2c1Oc1c(Br)cccc1C2(C)C. The van der Waals surface area contributed by atoms with E-state index in [-0.39, 0.29) is 5.41 Å². The number of hydrogen-bond acceptors (Lipinski definition) is 1. The Morgan fingerprint density at radius 2 is 1.56 bits per heavy atom. The molecule has 0 fully saturated rings. The van der Waals surface area contributed by atoms with Gasteiger partial charge in [0, 0.05) is 16.5 Å². The first-order valence-electron chi connectivity index (χ1n) is 6.09. The molecule has 3 rings (SSSR count). The van der Waals surface area contributed by atoms with Crippen LogP contribution in [-0.4, -0.2) is 0 Å². The molecule has 0 saturated carbocycles. The molecule has 92 valence electrons. The van der Waals surface area contributed by atoms with Gasteiger partial charge in [-0.25, -0.2) is 0 Å². The van der Waals surface area contributed by atoms with Crippen molar-refractivity contribution in [2.24, 2.45) is 0 Å². The number of benzene rings is 2. The summed E-state index contributed by atoms with van der Waals surface area (Å²) in [4.78, 5) is 0. The lowest BCUT2D eigenvalue weighted by Gasteiger charge is -2.35. The number of para-hydroxylation sites is 2. The average molecular weight is 303 g/mol. The highest BCUT2D eigenvalue weighted by molar-refractivity contribution is 9.10. The Kier molecular flexibility index (Phi) is 2.53. The number of aryl methyl sites for hydroxylation is 1. The summed E-state index contributed by atoms with van der Waals surface area (Å²) in [5.74, 6) is 1.95. The van der Waals surface area contributed by atoms with E-state index < -0.39 is 0 Å². The van der Waals surface area contributed by atoms with Gasteiger partial charge >= 0.3 is 0 Å². The third-order valence-corrected chi connectivity index (χ3v) is 4.35. The predicted molar refractivity (Wildman–Crippen MR) is 77.5 cm³/mol. The summed E-state index contributed by atoms with van der Waals surface area (Å²) in [5.41, 5.74) is 3.64. The maximum atomic E-state index is 6.13. The molecule has 0 bridgehead atoms. The first kappa shape index (κ1) is 11.8. The van der Waals surface area contributed by atoms with Crippen LogP contribution in [0.1, 0.15) is 30.5 Å². The number of hydrogen-bond donors (Lipinski definition) is 0. The molecule has 1 nitrogen and oxygen atoms in total. The topological polar surface area (TPSA) is 9.23 Å². The third kappa shape index (κ3) is 1.52. The van der Waals surface area contributed by atoms with Gasteiger partial charge in [-0.3, -0.25) is 0 Å². The number of ether oxygens (including phenoxy) is 1. The summed E-state index contributed by atoms with van der Waals surface area (Å²) >= 11 is 3.59. The molecule has 0 radical (unpaired) electrons. The van der Waals surface area contributed by atoms with Gasteiger partial charge in [-0.2, -0.15) is 0 Å². The maximum absolute atomic E-state index is 6.13. The van der Waals surface area contributed by atoms with Crippen LogP contribution in [0.2, 0.25) is 0 Å². The molecular weight excluding hydrogens is 288 g/mol. The van der Waals surface area contributed by atoms with Crippen LogP contribution < -0.4 is 4.74 Å². The van der Waals surface area contributed by atoms with Gasteiger partial charge in [0.2, 0.25) is 0 Å². The quantitative estimate of drug-likeness (QED) is 0.651. The van der Waals surface area contributed by atoms with Crippen LogP contribution in [0.4, 0.5) is 0 Å². The molecule has 2 heteroatoms. The van der Waals surface area contributed by atoms with Gasteiger partial charge in [-0.05, 0) is 34.5 Å². The first-order valence-corrected chi connectivity index (χ1v) is 6.88. The van der Waals surface area contributed by atoms with E-state index in [2.05, 4.69) is 67.0 Å². The van der Waals surface area contributed by atoms with Gasteiger partial charge in [0.1, 0.15) is 11.5 Å². The Balaban J connectivity index is 2.33. The molecule has 2 aromatic carbocycles. The van der Waals surface area contributed by atoms with Crippen molar-refractivity contribution >= 4 is 15.9 Å². The van der Waals surface area contributed by atoms with Crippen molar-refractivity contribution in [3.8, 4) is 11.5 Å². The van der Waals surface area contributed by atoms with Gasteiger partial charge < -0.3 is 4.74 Å². The second kappa shape index (κ2) is 3.86. The summed E-state index contributed by atoms with van der Waals surface area (Å²) in [5, 5.41) is 0. The molecule has 0 spiro atoms. The highest BCUT2D eigenvalue weighted by Crippen LogP contribution is 2.50. The first-order chi connectivity index (χ1) is 8.51. The predicted octanol–water partition coefficient (Wildman–Crippen LogP) is 5.19. The van der Waals surface area contributed by atoms with E-state index in [1.165, 1.54) is 16.7 Å². The summed E-state index contributed by atoms with van der Waals surface area (Å²) in [7, 11) is 0. The van der Waals surface area contributed by atoms with Crippen molar-refractivity contribution in [3.05, 3.63) is 57.6 Å². The van der Waals surface area contributed by atoms with Crippen LogP contribution in [0, 0.1) is 6.92 Å². The zero-order valence-electron chi connectivity index (χ0n) is 10.8. The monoisotopic (exact) mass is 302 g/mol. The Hall–Kier alpha value is -1.28. The lowest BCUT2D eigenvalue weighted by atomic mass is 9.75. The molecule has 1 aliphatic heterocycles. The maximum Gasteiger partial charge on any atom is 0.145 e. The molecule has 0 saturated heterocycles. The second-order valence-electron chi connectivity index (χ2n) is 5.30. The molecule has 1 aliphatic rings. The molecule has 0 aliphatic carbocycles.